The molecule has 0 radical (unpaired) electrons. The fraction of sp³-hybridized carbons (Fsp3) is 0.0833. The molecule has 1 heterocycles. The largest absolute Gasteiger partial charge is 0.493 e. The van der Waals surface area contributed by atoms with Crippen molar-refractivity contribution >= 4 is 68.8 Å². The van der Waals surface area contributed by atoms with Gasteiger partial charge in [-0.2, -0.15) is 0 Å². The Morgan fingerprint density at radius 1 is 1.15 bits per heavy atom. The molecular weight excluding hydrogens is 578 g/mol. The van der Waals surface area contributed by atoms with Crippen molar-refractivity contribution in [2.45, 2.75) is 6.61 Å². The summed E-state index contributed by atoms with van der Waals surface area (Å²) in [5, 5.41) is 3.83. The highest BCUT2D eigenvalue weighted by Gasteiger charge is 2.24. The third kappa shape index (κ3) is 6.07. The number of rotatable bonds is 6. The molecule has 0 bridgehead atoms. The van der Waals surface area contributed by atoms with Crippen molar-refractivity contribution < 1.29 is 18.7 Å². The quantitative estimate of drug-likeness (QED) is 0.259. The minimum atomic E-state index is -0.341. The second kappa shape index (κ2) is 10.6. The number of thioether (sulfide) groups is 1. The molecule has 1 fully saturated rings. The van der Waals surface area contributed by atoms with Crippen LogP contribution < -0.4 is 14.8 Å². The van der Waals surface area contributed by atoms with E-state index in [4.69, 9.17) is 21.1 Å². The summed E-state index contributed by atoms with van der Waals surface area (Å²) in [5.74, 6) is 0.591. The average molecular weight is 595 g/mol. The van der Waals surface area contributed by atoms with E-state index in [1.54, 1.807) is 25.3 Å². The van der Waals surface area contributed by atoms with Gasteiger partial charge < -0.3 is 14.8 Å². The van der Waals surface area contributed by atoms with Crippen LogP contribution in [0.4, 0.5) is 10.1 Å². The summed E-state index contributed by atoms with van der Waals surface area (Å²) in [6.07, 6.45) is 1.76. The molecule has 0 saturated carbocycles. The number of nitrogens with one attached hydrogen (secondary N) is 1. The van der Waals surface area contributed by atoms with E-state index in [0.29, 0.717) is 38.9 Å². The number of halogens is 3. The molecule has 0 aliphatic carbocycles. The number of methoxy groups -OCH3 is 1. The van der Waals surface area contributed by atoms with Gasteiger partial charge in [0.05, 0.1) is 21.3 Å². The summed E-state index contributed by atoms with van der Waals surface area (Å²) in [6.45, 7) is 0.367. The van der Waals surface area contributed by atoms with E-state index in [2.05, 4.69) is 32.9 Å². The summed E-state index contributed by atoms with van der Waals surface area (Å²) in [5.41, 5.74) is 2.32. The van der Waals surface area contributed by atoms with E-state index < -0.39 is 0 Å². The molecule has 33 heavy (non-hydrogen) atoms. The summed E-state index contributed by atoms with van der Waals surface area (Å²) in [7, 11) is 1.57. The summed E-state index contributed by atoms with van der Waals surface area (Å²) >= 11 is 9.33. The molecule has 0 unspecified atom stereocenters. The van der Waals surface area contributed by atoms with E-state index in [0.717, 1.165) is 14.7 Å². The van der Waals surface area contributed by atoms with Gasteiger partial charge in [-0.05, 0) is 100 Å². The maximum absolute atomic E-state index is 13.1. The zero-order valence-corrected chi connectivity index (χ0v) is 21.0. The van der Waals surface area contributed by atoms with Crippen LogP contribution in [0.1, 0.15) is 11.1 Å². The SMILES string of the molecule is COc1cc(/C=C2\SC(=Nc3ccc(F)cc3)NC2=O)cc(I)c1OCc1ccc(Cl)cc1. The van der Waals surface area contributed by atoms with Gasteiger partial charge in [-0.15, -0.1) is 0 Å². The fourth-order valence-corrected chi connectivity index (χ4v) is 4.71. The highest BCUT2D eigenvalue weighted by molar-refractivity contribution is 14.1. The Labute approximate surface area is 213 Å². The molecule has 0 spiro atoms. The minimum absolute atomic E-state index is 0.252. The van der Waals surface area contributed by atoms with Crippen molar-refractivity contribution in [1.82, 2.24) is 5.32 Å². The molecule has 5 nitrogen and oxygen atoms in total. The average Bonchev–Trinajstić information content (AvgIpc) is 3.13. The van der Waals surface area contributed by atoms with Crippen LogP contribution in [0.5, 0.6) is 11.5 Å². The number of ether oxygens (including phenoxy) is 2. The first-order chi connectivity index (χ1) is 15.9. The van der Waals surface area contributed by atoms with Gasteiger partial charge in [-0.3, -0.25) is 4.79 Å². The number of amides is 1. The van der Waals surface area contributed by atoms with Crippen LogP contribution in [-0.4, -0.2) is 18.2 Å². The Kier molecular flexibility index (Phi) is 7.56. The molecular formula is C24H17ClFIN2O3S. The number of hydrogen-bond donors (Lipinski definition) is 1. The van der Waals surface area contributed by atoms with Gasteiger partial charge in [0.2, 0.25) is 0 Å². The van der Waals surface area contributed by atoms with Crippen LogP contribution >= 0.6 is 46.0 Å². The molecule has 0 atom stereocenters. The van der Waals surface area contributed by atoms with Crippen LogP contribution in [0.25, 0.3) is 6.08 Å². The van der Waals surface area contributed by atoms with E-state index >= 15 is 0 Å². The van der Waals surface area contributed by atoms with Crippen molar-refractivity contribution in [3.05, 3.63) is 91.1 Å². The molecule has 1 aliphatic rings. The molecule has 4 rings (SSSR count). The van der Waals surface area contributed by atoms with Crippen molar-refractivity contribution in [2.24, 2.45) is 4.99 Å². The summed E-state index contributed by atoms with van der Waals surface area (Å²) in [4.78, 5) is 17.3. The van der Waals surface area contributed by atoms with Gasteiger partial charge in [0.1, 0.15) is 12.4 Å². The molecule has 1 saturated heterocycles. The molecule has 168 valence electrons. The highest BCUT2D eigenvalue weighted by atomic mass is 127. The van der Waals surface area contributed by atoms with Crippen molar-refractivity contribution in [3.8, 4) is 11.5 Å². The molecule has 1 N–H and O–H groups in total. The number of carbonyl (C=O) groups is 1. The lowest BCUT2D eigenvalue weighted by Crippen LogP contribution is -2.19. The molecule has 1 aliphatic heterocycles. The lowest BCUT2D eigenvalue weighted by Gasteiger charge is -2.14. The first-order valence-electron chi connectivity index (χ1n) is 9.71. The van der Waals surface area contributed by atoms with E-state index in [-0.39, 0.29) is 11.7 Å². The van der Waals surface area contributed by atoms with Gasteiger partial charge in [0.25, 0.3) is 5.91 Å². The van der Waals surface area contributed by atoms with Crippen LogP contribution in [0.15, 0.2) is 70.6 Å². The number of aliphatic imine (C=N–C) groups is 1. The van der Waals surface area contributed by atoms with Crippen LogP contribution in [0.3, 0.4) is 0 Å². The normalized spacial score (nSPS) is 15.7. The topological polar surface area (TPSA) is 59.9 Å². The number of amidine groups is 1. The monoisotopic (exact) mass is 594 g/mol. The van der Waals surface area contributed by atoms with Gasteiger partial charge in [-0.1, -0.05) is 23.7 Å². The minimum Gasteiger partial charge on any atom is -0.493 e. The number of nitrogens with zero attached hydrogens (tertiary/aromatic N) is 1. The second-order valence-corrected chi connectivity index (χ2v) is 9.54. The van der Waals surface area contributed by atoms with Gasteiger partial charge in [0, 0.05) is 5.02 Å². The van der Waals surface area contributed by atoms with Crippen molar-refractivity contribution in [1.29, 1.82) is 0 Å². The van der Waals surface area contributed by atoms with Gasteiger partial charge in [0.15, 0.2) is 16.7 Å². The lowest BCUT2D eigenvalue weighted by atomic mass is 10.2. The summed E-state index contributed by atoms with van der Waals surface area (Å²) < 4.78 is 25.5. The maximum Gasteiger partial charge on any atom is 0.264 e. The molecule has 1 amide bonds. The predicted molar refractivity (Wildman–Crippen MR) is 139 cm³/mol. The second-order valence-electron chi connectivity index (χ2n) is 6.91. The molecule has 0 aromatic heterocycles. The Bertz CT molecular complexity index is 1250. The van der Waals surface area contributed by atoms with E-state index in [9.17, 15) is 9.18 Å². The number of carbonyl (C=O) groups excluding carboxylic acids is 1. The zero-order chi connectivity index (χ0) is 23.4. The lowest BCUT2D eigenvalue weighted by molar-refractivity contribution is -0.115. The van der Waals surface area contributed by atoms with Gasteiger partial charge in [-0.25, -0.2) is 9.38 Å². The number of benzene rings is 3. The zero-order valence-electron chi connectivity index (χ0n) is 17.3. The predicted octanol–water partition coefficient (Wildman–Crippen LogP) is 6.56. The third-order valence-electron chi connectivity index (χ3n) is 4.55. The molecule has 9 heteroatoms. The highest BCUT2D eigenvalue weighted by Crippen LogP contribution is 2.36. The van der Waals surface area contributed by atoms with Gasteiger partial charge >= 0.3 is 0 Å². The van der Waals surface area contributed by atoms with Crippen LogP contribution in [0.2, 0.25) is 5.02 Å². The van der Waals surface area contributed by atoms with Crippen molar-refractivity contribution in [3.63, 3.8) is 0 Å². The third-order valence-corrected chi connectivity index (χ3v) is 6.52. The van der Waals surface area contributed by atoms with Crippen LogP contribution in [-0.2, 0) is 11.4 Å². The Balaban J connectivity index is 1.52. The summed E-state index contributed by atoms with van der Waals surface area (Å²) in [6, 6.07) is 16.9. The number of hydrogen-bond acceptors (Lipinski definition) is 5. The fourth-order valence-electron chi connectivity index (χ4n) is 2.96. The van der Waals surface area contributed by atoms with E-state index in [1.807, 2.05) is 36.4 Å². The van der Waals surface area contributed by atoms with Crippen LogP contribution in [0, 0.1) is 9.39 Å². The molecule has 3 aromatic rings. The Morgan fingerprint density at radius 3 is 2.58 bits per heavy atom. The Morgan fingerprint density at radius 2 is 1.88 bits per heavy atom. The maximum atomic E-state index is 13.1. The van der Waals surface area contributed by atoms with E-state index in [1.165, 1.54) is 23.9 Å². The Hall–Kier alpha value is -2.56. The smallest absolute Gasteiger partial charge is 0.264 e. The first kappa shape index (κ1) is 23.6. The standard InChI is InChI=1S/C24H17ClFIN2O3S/c1-31-20-11-15(10-19(27)22(20)32-13-14-2-4-16(25)5-3-14)12-21-23(30)29-24(33-21)28-18-8-6-17(26)7-9-18/h2-12H,13H2,1H3,(H,28,29,30)/b21-12-. The van der Waals surface area contributed by atoms with Crippen molar-refractivity contribution in [2.75, 3.05) is 7.11 Å². The molecule has 3 aromatic carbocycles. The first-order valence-corrected chi connectivity index (χ1v) is 12.0.